The second-order valence-corrected chi connectivity index (χ2v) is 10.1. The van der Waals surface area contributed by atoms with Gasteiger partial charge in [-0.2, -0.15) is 0 Å². The molecule has 0 saturated heterocycles. The highest BCUT2D eigenvalue weighted by molar-refractivity contribution is 5.85. The molecule has 0 bridgehead atoms. The third-order valence-electron chi connectivity index (χ3n) is 6.80. The van der Waals surface area contributed by atoms with Gasteiger partial charge in [-0.25, -0.2) is 24.3 Å². The number of nitrogen functional groups attached to an aromatic ring is 1. The van der Waals surface area contributed by atoms with Gasteiger partial charge in [0.25, 0.3) is 0 Å². The van der Waals surface area contributed by atoms with E-state index in [9.17, 15) is 9.50 Å². The number of fused-ring (bicyclic) bond motifs is 1. The molecular weight excluding hydrogens is 499 g/mol. The van der Waals surface area contributed by atoms with Crippen LogP contribution in [-0.4, -0.2) is 35.0 Å². The zero-order chi connectivity index (χ0) is 27.1. The Balaban J connectivity index is 1.22. The number of aryl methyl sites for hydroxylation is 1. The summed E-state index contributed by atoms with van der Waals surface area (Å²) in [4.78, 5) is 17.4. The second kappa shape index (κ2) is 9.63. The molecule has 0 radical (unpaired) electrons. The largest absolute Gasteiger partial charge is 0.489 e. The van der Waals surface area contributed by atoms with Gasteiger partial charge in [-0.15, -0.1) is 0 Å². The van der Waals surface area contributed by atoms with Gasteiger partial charge in [0.15, 0.2) is 0 Å². The fourth-order valence-corrected chi connectivity index (χ4v) is 4.92. The van der Waals surface area contributed by atoms with Crippen LogP contribution in [0.25, 0.3) is 16.8 Å². The zero-order valence-corrected chi connectivity index (χ0v) is 21.5. The maximum absolute atomic E-state index is 14.3. The van der Waals surface area contributed by atoms with Crippen molar-refractivity contribution in [3.05, 3.63) is 90.3 Å². The minimum absolute atomic E-state index is 0.133. The number of nitrogens with zero attached hydrogens (tertiary/aromatic N) is 5. The number of aromatic nitrogens is 5. The fraction of sp³-hybridized carbons (Fsp3) is 0.241. The van der Waals surface area contributed by atoms with E-state index in [4.69, 9.17) is 20.2 Å². The van der Waals surface area contributed by atoms with E-state index in [2.05, 4.69) is 15.0 Å². The van der Waals surface area contributed by atoms with Crippen molar-refractivity contribution < 1.29 is 19.0 Å². The third-order valence-corrected chi connectivity index (χ3v) is 6.80. The summed E-state index contributed by atoms with van der Waals surface area (Å²) in [5, 5.41) is 10.2. The van der Waals surface area contributed by atoms with E-state index in [1.165, 1.54) is 12.1 Å². The Hall–Kier alpha value is -4.57. The monoisotopic (exact) mass is 526 g/mol. The molecule has 1 aliphatic carbocycles. The van der Waals surface area contributed by atoms with Gasteiger partial charge in [0.05, 0.1) is 5.60 Å². The highest BCUT2D eigenvalue weighted by Crippen LogP contribution is 2.45. The van der Waals surface area contributed by atoms with Crippen molar-refractivity contribution in [1.82, 2.24) is 24.3 Å². The normalized spacial score (nSPS) is 18.6. The van der Waals surface area contributed by atoms with Crippen LogP contribution in [0.3, 0.4) is 0 Å². The standard InChI is InChI=1S/C29H27FN6O3/c1-17-33-14-18(15-34-17)16-38-23-9-21(30)10-24(11-23)39-22-5-3-19(4-6-22)25-26-27(31)32-7-8-36(26)28(35-25)20-12-29(2,37)13-20/h3-11,14-15,20,37H,12-13,16H2,1-2H3,(H2,31,32). The van der Waals surface area contributed by atoms with Crippen molar-refractivity contribution in [3.8, 4) is 28.5 Å². The quantitative estimate of drug-likeness (QED) is 0.296. The molecule has 2 aromatic carbocycles. The molecule has 0 atom stereocenters. The van der Waals surface area contributed by atoms with E-state index < -0.39 is 11.4 Å². The SMILES string of the molecule is Cc1ncc(COc2cc(F)cc(Oc3ccc(-c4nc(C5CC(C)(O)C5)n5ccnc(N)c45)cc3)c2)cn1. The summed E-state index contributed by atoms with van der Waals surface area (Å²) in [7, 11) is 0. The van der Waals surface area contributed by atoms with Crippen LogP contribution in [0.5, 0.6) is 17.2 Å². The molecule has 10 heteroatoms. The molecule has 3 N–H and O–H groups in total. The predicted molar refractivity (Wildman–Crippen MR) is 143 cm³/mol. The maximum Gasteiger partial charge on any atom is 0.150 e. The average Bonchev–Trinajstić information content (AvgIpc) is 3.28. The minimum atomic E-state index is -0.675. The zero-order valence-electron chi connectivity index (χ0n) is 21.5. The lowest BCUT2D eigenvalue weighted by atomic mass is 9.72. The van der Waals surface area contributed by atoms with Crippen LogP contribution in [0.2, 0.25) is 0 Å². The Morgan fingerprint density at radius 3 is 2.49 bits per heavy atom. The van der Waals surface area contributed by atoms with Gasteiger partial charge in [-0.05, 0) is 51.0 Å². The highest BCUT2D eigenvalue weighted by atomic mass is 19.1. The van der Waals surface area contributed by atoms with E-state index in [1.807, 2.05) is 29.7 Å². The lowest BCUT2D eigenvalue weighted by molar-refractivity contribution is -0.0335. The molecule has 198 valence electrons. The molecular formula is C29H27FN6O3. The topological polar surface area (TPSA) is 121 Å². The fourth-order valence-electron chi connectivity index (χ4n) is 4.92. The van der Waals surface area contributed by atoms with E-state index in [0.717, 1.165) is 22.5 Å². The average molecular weight is 527 g/mol. The number of ether oxygens (including phenoxy) is 2. The molecule has 1 aliphatic rings. The first-order chi connectivity index (χ1) is 18.7. The number of halogens is 1. The molecule has 3 heterocycles. The van der Waals surface area contributed by atoms with Gasteiger partial charge in [0.1, 0.15) is 58.3 Å². The molecule has 0 aliphatic heterocycles. The smallest absolute Gasteiger partial charge is 0.150 e. The number of rotatable bonds is 7. The number of hydrogen-bond acceptors (Lipinski definition) is 8. The van der Waals surface area contributed by atoms with Crippen molar-refractivity contribution in [2.45, 2.75) is 44.8 Å². The van der Waals surface area contributed by atoms with Crippen LogP contribution < -0.4 is 15.2 Å². The molecule has 1 fully saturated rings. The van der Waals surface area contributed by atoms with Crippen LogP contribution in [0, 0.1) is 12.7 Å². The number of hydrogen-bond donors (Lipinski definition) is 2. The molecule has 39 heavy (non-hydrogen) atoms. The predicted octanol–water partition coefficient (Wildman–Crippen LogP) is 5.22. The van der Waals surface area contributed by atoms with Gasteiger partial charge >= 0.3 is 0 Å². The number of imidazole rings is 1. The Bertz CT molecular complexity index is 1640. The lowest BCUT2D eigenvalue weighted by Crippen LogP contribution is -2.40. The molecule has 3 aromatic heterocycles. The van der Waals surface area contributed by atoms with Crippen molar-refractivity contribution in [2.24, 2.45) is 0 Å². The van der Waals surface area contributed by atoms with Crippen LogP contribution in [0.1, 0.15) is 42.9 Å². The van der Waals surface area contributed by atoms with Gasteiger partial charge in [0.2, 0.25) is 0 Å². The maximum atomic E-state index is 14.3. The molecule has 0 unspecified atom stereocenters. The minimum Gasteiger partial charge on any atom is -0.489 e. The summed E-state index contributed by atoms with van der Waals surface area (Å²) in [5.41, 5.74) is 8.61. The van der Waals surface area contributed by atoms with Crippen LogP contribution in [-0.2, 0) is 6.61 Å². The number of anilines is 1. The molecule has 9 nitrogen and oxygen atoms in total. The highest BCUT2D eigenvalue weighted by Gasteiger charge is 2.41. The molecule has 5 aromatic rings. The Morgan fingerprint density at radius 1 is 1.05 bits per heavy atom. The first-order valence-electron chi connectivity index (χ1n) is 12.6. The molecule has 6 rings (SSSR count). The first kappa shape index (κ1) is 24.7. The molecule has 1 saturated carbocycles. The third kappa shape index (κ3) is 5.10. The van der Waals surface area contributed by atoms with Crippen LogP contribution in [0.4, 0.5) is 10.2 Å². The molecule has 0 amide bonds. The van der Waals surface area contributed by atoms with Gasteiger partial charge in [0, 0.05) is 60.0 Å². The van der Waals surface area contributed by atoms with E-state index in [-0.39, 0.29) is 12.5 Å². The Kier molecular flexibility index (Phi) is 6.11. The number of aliphatic hydroxyl groups is 1. The van der Waals surface area contributed by atoms with E-state index >= 15 is 0 Å². The summed E-state index contributed by atoms with van der Waals surface area (Å²) >= 11 is 0. The van der Waals surface area contributed by atoms with Crippen molar-refractivity contribution in [3.63, 3.8) is 0 Å². The van der Waals surface area contributed by atoms with Gasteiger partial charge in [-0.3, -0.25) is 4.40 Å². The van der Waals surface area contributed by atoms with E-state index in [1.54, 1.807) is 43.7 Å². The van der Waals surface area contributed by atoms with Gasteiger partial charge in [-0.1, -0.05) is 0 Å². The van der Waals surface area contributed by atoms with Crippen molar-refractivity contribution in [1.29, 1.82) is 0 Å². The van der Waals surface area contributed by atoms with Crippen LogP contribution in [0.15, 0.2) is 67.3 Å². The number of nitrogens with two attached hydrogens (primary N) is 1. The first-order valence-corrected chi connectivity index (χ1v) is 12.6. The van der Waals surface area contributed by atoms with Crippen LogP contribution >= 0.6 is 0 Å². The summed E-state index contributed by atoms with van der Waals surface area (Å²) in [6.07, 6.45) is 8.12. The van der Waals surface area contributed by atoms with Crippen molar-refractivity contribution >= 4 is 11.3 Å². The summed E-state index contributed by atoms with van der Waals surface area (Å²) in [5.74, 6) is 2.71. The number of benzene rings is 2. The lowest BCUT2D eigenvalue weighted by Gasteiger charge is -2.40. The summed E-state index contributed by atoms with van der Waals surface area (Å²) in [6.45, 7) is 3.84. The summed E-state index contributed by atoms with van der Waals surface area (Å²) < 4.78 is 27.9. The molecule has 0 spiro atoms. The Labute approximate surface area is 224 Å². The Morgan fingerprint density at radius 2 is 1.77 bits per heavy atom. The van der Waals surface area contributed by atoms with Crippen molar-refractivity contribution in [2.75, 3.05) is 5.73 Å². The summed E-state index contributed by atoms with van der Waals surface area (Å²) in [6, 6.07) is 11.5. The van der Waals surface area contributed by atoms with E-state index in [0.29, 0.717) is 47.4 Å². The second-order valence-electron chi connectivity index (χ2n) is 10.1. The van der Waals surface area contributed by atoms with Gasteiger partial charge < -0.3 is 20.3 Å².